The molecule has 1 saturated heterocycles. The molecule has 0 radical (unpaired) electrons. The van der Waals surface area contributed by atoms with Crippen molar-refractivity contribution in [2.24, 2.45) is 5.41 Å². The van der Waals surface area contributed by atoms with Crippen LogP contribution in [0.2, 0.25) is 0 Å². The molecule has 92 valence electrons. The summed E-state index contributed by atoms with van der Waals surface area (Å²) in [6, 6.07) is 0. The Kier molecular flexibility index (Phi) is 3.78. The predicted molar refractivity (Wildman–Crippen MR) is 55.0 cm³/mol. The van der Waals surface area contributed by atoms with Gasteiger partial charge in [0.05, 0.1) is 0 Å². The van der Waals surface area contributed by atoms with Gasteiger partial charge in [0.15, 0.2) is 0 Å². The van der Waals surface area contributed by atoms with Gasteiger partial charge in [0.2, 0.25) is 0 Å². The lowest BCUT2D eigenvalue weighted by Crippen LogP contribution is -2.46. The van der Waals surface area contributed by atoms with E-state index < -0.39 is 17.4 Å². The number of Topliss-reactive ketones (excluding diaryl/α,β-unsaturated/α-hetero) is 1. The van der Waals surface area contributed by atoms with Crippen LogP contribution in [0.1, 0.15) is 26.2 Å². The first-order valence-corrected chi connectivity index (χ1v) is 5.25. The smallest absolute Gasteiger partial charge is 0.315 e. The fraction of sp³-hybridized carbons (Fsp3) is 0.727. The molecule has 0 aliphatic carbocycles. The summed E-state index contributed by atoms with van der Waals surface area (Å²) in [6.07, 6.45) is -4.35. The van der Waals surface area contributed by atoms with Crippen LogP contribution in [0.25, 0.3) is 0 Å². The number of ketones is 1. The summed E-state index contributed by atoms with van der Waals surface area (Å²) in [5, 5.41) is 2.62. The third kappa shape index (κ3) is 2.45. The number of halogens is 3. The molecule has 1 unspecified atom stereocenters. The van der Waals surface area contributed by atoms with Crippen LogP contribution in [0.4, 0.5) is 13.2 Å². The third-order valence-electron chi connectivity index (χ3n) is 3.01. The summed E-state index contributed by atoms with van der Waals surface area (Å²) in [4.78, 5) is 11.7. The molecular weight excluding hydrogens is 219 g/mol. The maximum Gasteiger partial charge on any atom is 0.402 e. The van der Waals surface area contributed by atoms with E-state index in [9.17, 15) is 18.0 Å². The normalized spacial score (nSPS) is 25.8. The highest BCUT2D eigenvalue weighted by Crippen LogP contribution is 2.44. The molecule has 0 aromatic carbocycles. The minimum absolute atomic E-state index is 0.0729. The number of hydrogen-bond acceptors (Lipinski definition) is 2. The fourth-order valence-corrected chi connectivity index (χ4v) is 1.90. The van der Waals surface area contributed by atoms with Crippen LogP contribution < -0.4 is 5.32 Å². The Hall–Kier alpha value is -0.840. The Morgan fingerprint density at radius 2 is 2.06 bits per heavy atom. The number of rotatable bonds is 4. The zero-order valence-electron chi connectivity index (χ0n) is 9.28. The highest BCUT2D eigenvalue weighted by molar-refractivity contribution is 5.86. The topological polar surface area (TPSA) is 29.1 Å². The first kappa shape index (κ1) is 13.2. The van der Waals surface area contributed by atoms with E-state index in [1.807, 2.05) is 0 Å². The minimum atomic E-state index is -4.46. The lowest BCUT2D eigenvalue weighted by atomic mass is 9.79. The standard InChI is InChI=1S/C11H16F3NO/c1-8(2)3-4-9(16)10(11(12,13)14)5-6-15-7-10/h15H,1,3-7H2,2H3. The maximum absolute atomic E-state index is 12.9. The summed E-state index contributed by atoms with van der Waals surface area (Å²) in [5.74, 6) is -0.715. The average Bonchev–Trinajstić information content (AvgIpc) is 2.62. The number of alkyl halides is 3. The van der Waals surface area contributed by atoms with Crippen LogP contribution >= 0.6 is 0 Å². The van der Waals surface area contributed by atoms with Crippen molar-refractivity contribution < 1.29 is 18.0 Å². The lowest BCUT2D eigenvalue weighted by molar-refractivity contribution is -0.214. The lowest BCUT2D eigenvalue weighted by Gasteiger charge is -2.29. The van der Waals surface area contributed by atoms with Gasteiger partial charge in [-0.2, -0.15) is 13.2 Å². The zero-order chi connectivity index (χ0) is 12.4. The summed E-state index contributed by atoms with van der Waals surface area (Å²) in [5.41, 5.74) is -1.43. The largest absolute Gasteiger partial charge is 0.402 e. The van der Waals surface area contributed by atoms with Crippen LogP contribution in [-0.4, -0.2) is 25.0 Å². The van der Waals surface area contributed by atoms with Crippen LogP contribution in [0, 0.1) is 5.41 Å². The third-order valence-corrected chi connectivity index (χ3v) is 3.01. The van der Waals surface area contributed by atoms with Gasteiger partial charge >= 0.3 is 6.18 Å². The predicted octanol–water partition coefficient (Wildman–Crippen LogP) is 2.45. The molecule has 0 spiro atoms. The summed E-state index contributed by atoms with van der Waals surface area (Å²) in [6.45, 7) is 5.26. The summed E-state index contributed by atoms with van der Waals surface area (Å²) in [7, 11) is 0. The second-order valence-corrected chi connectivity index (χ2v) is 4.39. The number of allylic oxidation sites excluding steroid dienone is 1. The molecule has 0 bridgehead atoms. The fourth-order valence-electron chi connectivity index (χ4n) is 1.90. The van der Waals surface area contributed by atoms with Crippen molar-refractivity contribution in [3.63, 3.8) is 0 Å². The van der Waals surface area contributed by atoms with Crippen LogP contribution in [0.3, 0.4) is 0 Å². The molecule has 0 aromatic heterocycles. The van der Waals surface area contributed by atoms with Crippen molar-refractivity contribution >= 4 is 5.78 Å². The van der Waals surface area contributed by atoms with Crippen molar-refractivity contribution in [1.29, 1.82) is 0 Å². The van der Waals surface area contributed by atoms with Crippen molar-refractivity contribution in [3.05, 3.63) is 12.2 Å². The number of nitrogens with one attached hydrogen (secondary N) is 1. The van der Waals surface area contributed by atoms with Gasteiger partial charge in [-0.1, -0.05) is 5.57 Å². The highest BCUT2D eigenvalue weighted by Gasteiger charge is 2.60. The van der Waals surface area contributed by atoms with Gasteiger partial charge in [-0.25, -0.2) is 0 Å². The molecule has 1 aliphatic rings. The molecule has 2 nitrogen and oxygen atoms in total. The maximum atomic E-state index is 12.9. The van der Waals surface area contributed by atoms with Crippen molar-refractivity contribution in [2.45, 2.75) is 32.4 Å². The summed E-state index contributed by atoms with van der Waals surface area (Å²) >= 11 is 0. The minimum Gasteiger partial charge on any atom is -0.315 e. The Balaban J connectivity index is 2.78. The Morgan fingerprint density at radius 1 is 1.44 bits per heavy atom. The Morgan fingerprint density at radius 3 is 2.44 bits per heavy atom. The number of hydrogen-bond donors (Lipinski definition) is 1. The Bertz CT molecular complexity index is 290. The van der Waals surface area contributed by atoms with Gasteiger partial charge in [0, 0.05) is 13.0 Å². The van der Waals surface area contributed by atoms with Crippen LogP contribution in [0.5, 0.6) is 0 Å². The number of carbonyl (C=O) groups is 1. The van der Waals surface area contributed by atoms with E-state index in [1.165, 1.54) is 0 Å². The van der Waals surface area contributed by atoms with Crippen LogP contribution in [0.15, 0.2) is 12.2 Å². The average molecular weight is 235 g/mol. The molecule has 1 rings (SSSR count). The zero-order valence-corrected chi connectivity index (χ0v) is 9.28. The SMILES string of the molecule is C=C(C)CCC(=O)C1(C(F)(F)F)CCNC1. The first-order chi connectivity index (χ1) is 7.29. The molecule has 1 fully saturated rings. The molecule has 16 heavy (non-hydrogen) atoms. The second-order valence-electron chi connectivity index (χ2n) is 4.39. The van der Waals surface area contributed by atoms with Gasteiger partial charge in [-0.05, 0) is 26.3 Å². The first-order valence-electron chi connectivity index (χ1n) is 5.25. The van der Waals surface area contributed by atoms with Gasteiger partial charge in [0.1, 0.15) is 11.2 Å². The highest BCUT2D eigenvalue weighted by atomic mass is 19.4. The molecule has 5 heteroatoms. The van der Waals surface area contributed by atoms with E-state index >= 15 is 0 Å². The number of carbonyl (C=O) groups excluding carboxylic acids is 1. The van der Waals surface area contributed by atoms with Crippen molar-refractivity contribution in [1.82, 2.24) is 5.32 Å². The molecule has 1 heterocycles. The quantitative estimate of drug-likeness (QED) is 0.758. The monoisotopic (exact) mass is 235 g/mol. The molecule has 0 amide bonds. The van der Waals surface area contributed by atoms with Crippen LogP contribution in [-0.2, 0) is 4.79 Å². The van der Waals surface area contributed by atoms with Crippen molar-refractivity contribution in [3.8, 4) is 0 Å². The molecule has 1 aliphatic heterocycles. The molecule has 0 saturated carbocycles. The van der Waals surface area contributed by atoms with Gasteiger partial charge in [0.25, 0.3) is 0 Å². The van der Waals surface area contributed by atoms with E-state index in [0.29, 0.717) is 6.42 Å². The second kappa shape index (κ2) is 4.57. The van der Waals surface area contributed by atoms with E-state index in [4.69, 9.17) is 0 Å². The molecular formula is C11H16F3NO. The molecule has 1 N–H and O–H groups in total. The molecule has 1 atom stereocenters. The van der Waals surface area contributed by atoms with Gasteiger partial charge < -0.3 is 5.32 Å². The van der Waals surface area contributed by atoms with Gasteiger partial charge in [-0.15, -0.1) is 6.58 Å². The summed E-state index contributed by atoms with van der Waals surface area (Å²) < 4.78 is 38.7. The van der Waals surface area contributed by atoms with E-state index in [0.717, 1.165) is 5.57 Å². The van der Waals surface area contributed by atoms with E-state index in [2.05, 4.69) is 11.9 Å². The Labute approximate surface area is 92.9 Å². The van der Waals surface area contributed by atoms with E-state index in [-0.39, 0.29) is 25.9 Å². The molecule has 0 aromatic rings. The van der Waals surface area contributed by atoms with E-state index in [1.54, 1.807) is 6.92 Å². The van der Waals surface area contributed by atoms with Gasteiger partial charge in [-0.3, -0.25) is 4.79 Å². The van der Waals surface area contributed by atoms with Crippen molar-refractivity contribution in [2.75, 3.05) is 13.1 Å².